The number of carbonyl (C=O) groups excluding carboxylic acids is 1. The van der Waals surface area contributed by atoms with Crippen LogP contribution in [0.3, 0.4) is 0 Å². The molecule has 94 valence electrons. The van der Waals surface area contributed by atoms with Crippen molar-refractivity contribution in [3.63, 3.8) is 0 Å². The molecular formula is C12H20N4O. The summed E-state index contributed by atoms with van der Waals surface area (Å²) >= 11 is 0. The second kappa shape index (κ2) is 5.31. The van der Waals surface area contributed by atoms with Crippen LogP contribution in [0.2, 0.25) is 0 Å². The third-order valence-corrected chi connectivity index (χ3v) is 3.04. The molecule has 0 unspecified atom stereocenters. The second-order valence-corrected chi connectivity index (χ2v) is 4.70. The van der Waals surface area contributed by atoms with Crippen LogP contribution in [0, 0.1) is 0 Å². The van der Waals surface area contributed by atoms with E-state index in [1.165, 1.54) is 0 Å². The molecule has 0 atom stereocenters. The molecule has 1 aliphatic heterocycles. The molecule has 1 saturated heterocycles. The van der Waals surface area contributed by atoms with Crippen molar-refractivity contribution in [1.82, 2.24) is 19.8 Å². The third-order valence-electron chi connectivity index (χ3n) is 3.04. The topological polar surface area (TPSA) is 50.2 Å². The fourth-order valence-corrected chi connectivity index (χ4v) is 2.12. The summed E-state index contributed by atoms with van der Waals surface area (Å²) in [6.45, 7) is 8.00. The molecule has 0 spiro atoms. The van der Waals surface area contributed by atoms with Gasteiger partial charge in [-0.15, -0.1) is 0 Å². The van der Waals surface area contributed by atoms with E-state index in [-0.39, 0.29) is 5.91 Å². The Bertz CT molecular complexity index is 380. The zero-order chi connectivity index (χ0) is 12.3. The summed E-state index contributed by atoms with van der Waals surface area (Å²) in [5.74, 6) is 1.51. The van der Waals surface area contributed by atoms with E-state index >= 15 is 0 Å². The highest BCUT2D eigenvalue weighted by atomic mass is 16.2. The molecule has 1 aromatic heterocycles. The maximum absolute atomic E-state index is 12.1. The maximum atomic E-state index is 12.1. The molecule has 0 aliphatic carbocycles. The molecule has 0 radical (unpaired) electrons. The van der Waals surface area contributed by atoms with E-state index in [0.29, 0.717) is 12.5 Å². The lowest BCUT2D eigenvalue weighted by atomic mass is 10.2. The Morgan fingerprint density at radius 2 is 2.18 bits per heavy atom. The van der Waals surface area contributed by atoms with Crippen molar-refractivity contribution >= 4 is 5.91 Å². The summed E-state index contributed by atoms with van der Waals surface area (Å²) in [7, 11) is 0. The minimum Gasteiger partial charge on any atom is -0.339 e. The Hall–Kier alpha value is -1.36. The number of nitrogens with zero attached hydrogens (tertiary/aromatic N) is 3. The maximum Gasteiger partial charge on any atom is 0.242 e. The number of carbonyl (C=O) groups is 1. The summed E-state index contributed by atoms with van der Waals surface area (Å²) in [4.78, 5) is 18.3. The molecule has 1 aromatic rings. The number of aromatic nitrogens is 2. The first-order chi connectivity index (χ1) is 8.18. The fourth-order valence-electron chi connectivity index (χ4n) is 2.12. The van der Waals surface area contributed by atoms with Crippen LogP contribution >= 0.6 is 0 Å². The zero-order valence-electron chi connectivity index (χ0n) is 10.5. The lowest BCUT2D eigenvalue weighted by molar-refractivity contribution is -0.132. The Balaban J connectivity index is 1.99. The van der Waals surface area contributed by atoms with Gasteiger partial charge in [0.15, 0.2) is 0 Å². The molecule has 17 heavy (non-hydrogen) atoms. The first kappa shape index (κ1) is 12.1. The van der Waals surface area contributed by atoms with Gasteiger partial charge in [-0.2, -0.15) is 0 Å². The van der Waals surface area contributed by atoms with Crippen LogP contribution in [-0.4, -0.2) is 46.5 Å². The average Bonchev–Trinajstić information content (AvgIpc) is 2.78. The molecule has 5 heteroatoms. The van der Waals surface area contributed by atoms with E-state index in [0.717, 1.165) is 32.0 Å². The molecule has 5 nitrogen and oxygen atoms in total. The van der Waals surface area contributed by atoms with Gasteiger partial charge in [0.05, 0.1) is 0 Å². The SMILES string of the molecule is CC(C)c1nccn1CC(=O)N1CCNCC1. The minimum atomic E-state index is 0.186. The predicted molar refractivity (Wildman–Crippen MR) is 65.8 cm³/mol. The fraction of sp³-hybridized carbons (Fsp3) is 0.667. The van der Waals surface area contributed by atoms with Crippen molar-refractivity contribution in [2.45, 2.75) is 26.3 Å². The van der Waals surface area contributed by atoms with Crippen LogP contribution in [0.5, 0.6) is 0 Å². The normalized spacial score (nSPS) is 16.5. The Morgan fingerprint density at radius 3 is 2.82 bits per heavy atom. The van der Waals surface area contributed by atoms with Crippen LogP contribution in [-0.2, 0) is 11.3 Å². The van der Waals surface area contributed by atoms with Crippen molar-refractivity contribution in [3.05, 3.63) is 18.2 Å². The van der Waals surface area contributed by atoms with Gasteiger partial charge in [0, 0.05) is 44.5 Å². The van der Waals surface area contributed by atoms with Crippen molar-refractivity contribution < 1.29 is 4.79 Å². The van der Waals surface area contributed by atoms with Gasteiger partial charge in [-0.1, -0.05) is 13.8 Å². The number of hydrogen-bond acceptors (Lipinski definition) is 3. The second-order valence-electron chi connectivity index (χ2n) is 4.70. The Labute approximate surface area is 102 Å². The van der Waals surface area contributed by atoms with Crippen LogP contribution in [0.4, 0.5) is 0 Å². The van der Waals surface area contributed by atoms with Crippen molar-refractivity contribution in [2.24, 2.45) is 0 Å². The number of imidazole rings is 1. The van der Waals surface area contributed by atoms with Gasteiger partial charge in [-0.05, 0) is 0 Å². The minimum absolute atomic E-state index is 0.186. The molecule has 1 aliphatic rings. The standard InChI is InChI=1S/C12H20N4O/c1-10(2)12-14-5-8-16(12)9-11(17)15-6-3-13-4-7-15/h5,8,10,13H,3-4,6-7,9H2,1-2H3. The molecule has 2 heterocycles. The molecule has 1 N–H and O–H groups in total. The quantitative estimate of drug-likeness (QED) is 0.828. The lowest BCUT2D eigenvalue weighted by Crippen LogP contribution is -2.47. The smallest absolute Gasteiger partial charge is 0.242 e. The van der Waals surface area contributed by atoms with Gasteiger partial charge >= 0.3 is 0 Å². The number of rotatable bonds is 3. The van der Waals surface area contributed by atoms with Crippen LogP contribution in [0.1, 0.15) is 25.6 Å². The molecular weight excluding hydrogens is 216 g/mol. The van der Waals surface area contributed by atoms with Crippen molar-refractivity contribution in [2.75, 3.05) is 26.2 Å². The van der Waals surface area contributed by atoms with Gasteiger partial charge in [0.2, 0.25) is 5.91 Å². The summed E-state index contributed by atoms with van der Waals surface area (Å²) in [5.41, 5.74) is 0. The average molecular weight is 236 g/mol. The third kappa shape index (κ3) is 2.85. The van der Waals surface area contributed by atoms with E-state index in [1.54, 1.807) is 6.20 Å². The summed E-state index contributed by atoms with van der Waals surface area (Å²) in [6.07, 6.45) is 3.65. The van der Waals surface area contributed by atoms with E-state index in [2.05, 4.69) is 24.1 Å². The molecule has 0 bridgehead atoms. The summed E-state index contributed by atoms with van der Waals surface area (Å²) in [6, 6.07) is 0. The number of amides is 1. The van der Waals surface area contributed by atoms with Crippen LogP contribution in [0.25, 0.3) is 0 Å². The van der Waals surface area contributed by atoms with Crippen LogP contribution < -0.4 is 5.32 Å². The van der Waals surface area contributed by atoms with E-state index in [4.69, 9.17) is 0 Å². The highest BCUT2D eigenvalue weighted by Gasteiger charge is 2.18. The van der Waals surface area contributed by atoms with E-state index in [1.807, 2.05) is 15.7 Å². The van der Waals surface area contributed by atoms with Crippen molar-refractivity contribution in [1.29, 1.82) is 0 Å². The molecule has 2 rings (SSSR count). The first-order valence-corrected chi connectivity index (χ1v) is 6.18. The molecule has 0 aromatic carbocycles. The van der Waals surface area contributed by atoms with Gasteiger partial charge in [0.25, 0.3) is 0 Å². The summed E-state index contributed by atoms with van der Waals surface area (Å²) < 4.78 is 1.95. The largest absolute Gasteiger partial charge is 0.339 e. The lowest BCUT2D eigenvalue weighted by Gasteiger charge is -2.27. The predicted octanol–water partition coefficient (Wildman–Crippen LogP) is 0.438. The summed E-state index contributed by atoms with van der Waals surface area (Å²) in [5, 5.41) is 3.25. The molecule has 1 fully saturated rings. The first-order valence-electron chi connectivity index (χ1n) is 6.18. The highest BCUT2D eigenvalue weighted by molar-refractivity contribution is 5.76. The van der Waals surface area contributed by atoms with Crippen molar-refractivity contribution in [3.8, 4) is 0 Å². The highest BCUT2D eigenvalue weighted by Crippen LogP contribution is 2.11. The number of hydrogen-bond donors (Lipinski definition) is 1. The molecule has 1 amide bonds. The number of nitrogens with one attached hydrogen (secondary N) is 1. The van der Waals surface area contributed by atoms with Gasteiger partial charge in [0.1, 0.15) is 12.4 Å². The monoisotopic (exact) mass is 236 g/mol. The van der Waals surface area contributed by atoms with Gasteiger partial charge in [-0.3, -0.25) is 4.79 Å². The number of piperazine rings is 1. The Kier molecular flexibility index (Phi) is 3.78. The van der Waals surface area contributed by atoms with Gasteiger partial charge < -0.3 is 14.8 Å². The van der Waals surface area contributed by atoms with E-state index < -0.39 is 0 Å². The molecule has 0 saturated carbocycles. The Morgan fingerprint density at radius 1 is 1.47 bits per heavy atom. The van der Waals surface area contributed by atoms with Gasteiger partial charge in [-0.25, -0.2) is 4.98 Å². The van der Waals surface area contributed by atoms with E-state index in [9.17, 15) is 4.79 Å². The van der Waals surface area contributed by atoms with Crippen LogP contribution in [0.15, 0.2) is 12.4 Å². The zero-order valence-corrected chi connectivity index (χ0v) is 10.5.